The molecule has 2 atom stereocenters. The molecule has 6 heteroatoms. The van der Waals surface area contributed by atoms with E-state index in [2.05, 4.69) is 0 Å². The summed E-state index contributed by atoms with van der Waals surface area (Å²) in [6.45, 7) is 0. The summed E-state index contributed by atoms with van der Waals surface area (Å²) < 4.78 is 35.6. The Bertz CT molecular complexity index is 547. The van der Waals surface area contributed by atoms with Gasteiger partial charge in [-0.2, -0.15) is 0 Å². The first-order valence-corrected chi connectivity index (χ1v) is 7.97. The predicted octanol–water partition coefficient (Wildman–Crippen LogP) is 1.78. The fourth-order valence-electron chi connectivity index (χ4n) is 2.27. The van der Waals surface area contributed by atoms with Gasteiger partial charge in [-0.25, -0.2) is 12.8 Å². The summed E-state index contributed by atoms with van der Waals surface area (Å²) in [6.07, 6.45) is 1.07. The maximum absolute atomic E-state index is 12.9. The monoisotopic (exact) mass is 291 g/mol. The van der Waals surface area contributed by atoms with E-state index >= 15 is 0 Å². The van der Waals surface area contributed by atoms with Gasteiger partial charge < -0.3 is 5.73 Å². The maximum Gasteiger partial charge on any atom is 0.150 e. The van der Waals surface area contributed by atoms with Gasteiger partial charge >= 0.3 is 0 Å². The number of hydrogen-bond donors (Lipinski definition) is 1. The molecular formula is C12H15ClFNO2S. The van der Waals surface area contributed by atoms with Crippen molar-refractivity contribution >= 4 is 21.4 Å². The Labute approximate surface area is 111 Å². The Morgan fingerprint density at radius 2 is 2.22 bits per heavy atom. The predicted molar refractivity (Wildman–Crippen MR) is 69.9 cm³/mol. The van der Waals surface area contributed by atoms with Crippen molar-refractivity contribution in [2.45, 2.75) is 18.9 Å². The van der Waals surface area contributed by atoms with E-state index in [0.717, 1.165) is 5.56 Å². The van der Waals surface area contributed by atoms with Crippen molar-refractivity contribution in [2.75, 3.05) is 11.5 Å². The molecule has 0 amide bonds. The summed E-state index contributed by atoms with van der Waals surface area (Å²) in [5, 5.41) is 0.339. The van der Waals surface area contributed by atoms with Crippen LogP contribution in [0, 0.1) is 11.7 Å². The van der Waals surface area contributed by atoms with E-state index in [0.29, 0.717) is 17.9 Å². The van der Waals surface area contributed by atoms with Crippen molar-refractivity contribution in [3.8, 4) is 0 Å². The Kier molecular flexibility index (Phi) is 3.94. The number of hydrogen-bond acceptors (Lipinski definition) is 3. The van der Waals surface area contributed by atoms with Crippen molar-refractivity contribution in [2.24, 2.45) is 11.7 Å². The van der Waals surface area contributed by atoms with Gasteiger partial charge in [0.1, 0.15) is 5.82 Å². The fourth-order valence-corrected chi connectivity index (χ4v) is 4.41. The topological polar surface area (TPSA) is 60.2 Å². The second kappa shape index (κ2) is 5.15. The SMILES string of the molecule is NC(Cc1ccc(F)cc1Cl)C1CCS(=O)(=O)C1. The van der Waals surface area contributed by atoms with Gasteiger partial charge in [-0.3, -0.25) is 0 Å². The lowest BCUT2D eigenvalue weighted by Gasteiger charge is -2.18. The van der Waals surface area contributed by atoms with Crippen molar-refractivity contribution in [1.29, 1.82) is 0 Å². The standard InChI is InChI=1S/C12H15ClFNO2S/c13-11-6-10(14)2-1-8(11)5-12(15)9-3-4-18(16,17)7-9/h1-2,6,9,12H,3-5,7,15H2. The lowest BCUT2D eigenvalue weighted by molar-refractivity contribution is 0.461. The van der Waals surface area contributed by atoms with Crippen LogP contribution in [-0.2, 0) is 16.3 Å². The molecule has 100 valence electrons. The molecule has 0 aromatic heterocycles. The molecule has 0 bridgehead atoms. The van der Waals surface area contributed by atoms with E-state index in [1.165, 1.54) is 12.1 Å². The molecular weight excluding hydrogens is 277 g/mol. The molecule has 0 saturated carbocycles. The van der Waals surface area contributed by atoms with Crippen molar-refractivity contribution in [1.82, 2.24) is 0 Å². The highest BCUT2D eigenvalue weighted by Crippen LogP contribution is 2.25. The third-order valence-corrected chi connectivity index (χ3v) is 5.49. The van der Waals surface area contributed by atoms with E-state index in [-0.39, 0.29) is 29.3 Å². The highest BCUT2D eigenvalue weighted by atomic mass is 35.5. The average molecular weight is 292 g/mol. The van der Waals surface area contributed by atoms with Gasteiger partial charge in [-0.15, -0.1) is 0 Å². The highest BCUT2D eigenvalue weighted by molar-refractivity contribution is 7.91. The first-order chi connectivity index (χ1) is 8.37. The lowest BCUT2D eigenvalue weighted by Crippen LogP contribution is -2.33. The van der Waals surface area contributed by atoms with Gasteiger partial charge in [0, 0.05) is 11.1 Å². The molecule has 0 aliphatic carbocycles. The molecule has 1 aromatic rings. The van der Waals surface area contributed by atoms with Crippen LogP contribution in [0.2, 0.25) is 5.02 Å². The summed E-state index contributed by atoms with van der Waals surface area (Å²) in [5.41, 5.74) is 6.78. The van der Waals surface area contributed by atoms with E-state index in [1.807, 2.05) is 0 Å². The highest BCUT2D eigenvalue weighted by Gasteiger charge is 2.32. The van der Waals surface area contributed by atoms with Crippen LogP contribution in [0.5, 0.6) is 0 Å². The van der Waals surface area contributed by atoms with E-state index < -0.39 is 9.84 Å². The molecule has 3 nitrogen and oxygen atoms in total. The molecule has 18 heavy (non-hydrogen) atoms. The molecule has 1 aliphatic rings. The van der Waals surface area contributed by atoms with Crippen molar-refractivity contribution in [3.05, 3.63) is 34.6 Å². The van der Waals surface area contributed by atoms with Crippen LogP contribution in [0.3, 0.4) is 0 Å². The van der Waals surface area contributed by atoms with Gasteiger partial charge in [-0.05, 0) is 36.5 Å². The average Bonchev–Trinajstić information content (AvgIpc) is 2.63. The molecule has 0 radical (unpaired) electrons. The van der Waals surface area contributed by atoms with Gasteiger partial charge in [-0.1, -0.05) is 17.7 Å². The second-order valence-corrected chi connectivity index (χ2v) is 7.40. The number of nitrogens with two attached hydrogens (primary N) is 1. The van der Waals surface area contributed by atoms with Crippen molar-refractivity contribution in [3.63, 3.8) is 0 Å². The fraction of sp³-hybridized carbons (Fsp3) is 0.500. The zero-order valence-corrected chi connectivity index (χ0v) is 11.3. The minimum atomic E-state index is -2.92. The smallest absolute Gasteiger partial charge is 0.150 e. The third kappa shape index (κ3) is 3.22. The van der Waals surface area contributed by atoms with E-state index in [9.17, 15) is 12.8 Å². The quantitative estimate of drug-likeness (QED) is 0.923. The zero-order chi connectivity index (χ0) is 13.3. The van der Waals surface area contributed by atoms with Crippen LogP contribution in [0.1, 0.15) is 12.0 Å². The summed E-state index contributed by atoms with van der Waals surface area (Å²) in [5.74, 6) is -0.0629. The number of sulfone groups is 1. The van der Waals surface area contributed by atoms with Crippen LogP contribution in [0.15, 0.2) is 18.2 Å². The van der Waals surface area contributed by atoms with Gasteiger partial charge in [0.15, 0.2) is 9.84 Å². The molecule has 1 saturated heterocycles. The van der Waals surface area contributed by atoms with Crippen LogP contribution in [-0.4, -0.2) is 26.0 Å². The molecule has 1 aliphatic heterocycles. The van der Waals surface area contributed by atoms with E-state index in [1.54, 1.807) is 6.07 Å². The molecule has 1 fully saturated rings. The second-order valence-electron chi connectivity index (χ2n) is 4.77. The number of benzene rings is 1. The maximum atomic E-state index is 12.9. The molecule has 2 N–H and O–H groups in total. The van der Waals surface area contributed by atoms with Crippen LogP contribution in [0.4, 0.5) is 4.39 Å². The normalized spacial score (nSPS) is 24.1. The Hall–Kier alpha value is -0.650. The minimum absolute atomic E-state index is 0.0314. The van der Waals surface area contributed by atoms with Gasteiger partial charge in [0.2, 0.25) is 0 Å². The molecule has 0 spiro atoms. The zero-order valence-electron chi connectivity index (χ0n) is 9.77. The van der Waals surface area contributed by atoms with Gasteiger partial charge in [0.25, 0.3) is 0 Å². The Balaban J connectivity index is 2.05. The summed E-state index contributed by atoms with van der Waals surface area (Å²) in [7, 11) is -2.92. The summed E-state index contributed by atoms with van der Waals surface area (Å²) in [6, 6.07) is 3.92. The Morgan fingerprint density at radius 1 is 1.50 bits per heavy atom. The van der Waals surface area contributed by atoms with Crippen LogP contribution in [0.25, 0.3) is 0 Å². The Morgan fingerprint density at radius 3 is 2.78 bits per heavy atom. The van der Waals surface area contributed by atoms with E-state index in [4.69, 9.17) is 17.3 Å². The first kappa shape index (κ1) is 13.8. The first-order valence-electron chi connectivity index (χ1n) is 5.77. The van der Waals surface area contributed by atoms with Crippen LogP contribution < -0.4 is 5.73 Å². The summed E-state index contributed by atoms with van der Waals surface area (Å²) in [4.78, 5) is 0. The largest absolute Gasteiger partial charge is 0.327 e. The molecule has 2 rings (SSSR count). The molecule has 1 heterocycles. The third-order valence-electron chi connectivity index (χ3n) is 3.34. The minimum Gasteiger partial charge on any atom is -0.327 e. The lowest BCUT2D eigenvalue weighted by atomic mass is 9.94. The van der Waals surface area contributed by atoms with Crippen molar-refractivity contribution < 1.29 is 12.8 Å². The van der Waals surface area contributed by atoms with Crippen LogP contribution >= 0.6 is 11.6 Å². The number of rotatable bonds is 3. The summed E-state index contributed by atoms with van der Waals surface area (Å²) >= 11 is 5.92. The molecule has 1 aromatic carbocycles. The molecule has 2 unspecified atom stereocenters. The van der Waals surface area contributed by atoms with Gasteiger partial charge in [0.05, 0.1) is 11.5 Å². The number of halogens is 2.